The van der Waals surface area contributed by atoms with Gasteiger partial charge in [0.15, 0.2) is 11.6 Å². The fraction of sp³-hybridized carbons (Fsp3) is 0.276. The van der Waals surface area contributed by atoms with E-state index in [-0.39, 0.29) is 36.4 Å². The molecule has 0 saturated carbocycles. The Kier molecular flexibility index (Phi) is 7.75. The zero-order valence-electron chi connectivity index (χ0n) is 21.6. The van der Waals surface area contributed by atoms with Crippen LogP contribution in [0.1, 0.15) is 71.3 Å². The number of carbonyl (C=O) groups excluding carboxylic acids is 1. The number of carboxylic acid groups (broad SMARTS) is 1. The molecule has 2 aromatic heterocycles. The fourth-order valence-electron chi connectivity index (χ4n) is 4.46. The van der Waals surface area contributed by atoms with Gasteiger partial charge in [0.05, 0.1) is 29.4 Å². The van der Waals surface area contributed by atoms with Crippen molar-refractivity contribution in [3.05, 3.63) is 94.4 Å². The van der Waals surface area contributed by atoms with Crippen LogP contribution in [-0.2, 0) is 13.1 Å². The standard InChI is InChI=1S/C29H29F2N3O4/c1-16(2)21-12-20(38-17(3)4)13-24-25(21)26(28(35)33-14-18-8-9-22(30)23(31)11-18)27(29(36)37)34(24)15-19-7-5-6-10-32-19/h5-13,16-17H,14-15H2,1-4H3,(H,33,35)(H,36,37). The van der Waals surface area contributed by atoms with E-state index in [1.165, 1.54) is 6.07 Å². The highest BCUT2D eigenvalue weighted by Gasteiger charge is 2.30. The van der Waals surface area contributed by atoms with Crippen molar-refractivity contribution in [3.63, 3.8) is 0 Å². The summed E-state index contributed by atoms with van der Waals surface area (Å²) in [6.07, 6.45) is 1.49. The Morgan fingerprint density at radius 1 is 1.05 bits per heavy atom. The number of halogens is 2. The minimum Gasteiger partial charge on any atom is -0.491 e. The molecule has 0 aliphatic carbocycles. The third-order valence-corrected chi connectivity index (χ3v) is 6.08. The van der Waals surface area contributed by atoms with Crippen LogP contribution < -0.4 is 10.1 Å². The average molecular weight is 522 g/mol. The minimum absolute atomic E-state index is 0.00851. The highest BCUT2D eigenvalue weighted by molar-refractivity contribution is 6.15. The number of nitrogens with zero attached hydrogens (tertiary/aromatic N) is 2. The van der Waals surface area contributed by atoms with Gasteiger partial charge < -0.3 is 19.7 Å². The Labute approximate surface area is 219 Å². The van der Waals surface area contributed by atoms with Crippen molar-refractivity contribution in [1.29, 1.82) is 0 Å². The first-order chi connectivity index (χ1) is 18.1. The van der Waals surface area contributed by atoms with Gasteiger partial charge >= 0.3 is 5.97 Å². The number of hydrogen-bond acceptors (Lipinski definition) is 4. The molecule has 38 heavy (non-hydrogen) atoms. The molecular formula is C29H29F2N3O4. The molecule has 0 spiro atoms. The van der Waals surface area contributed by atoms with E-state index < -0.39 is 23.5 Å². The first-order valence-corrected chi connectivity index (χ1v) is 12.3. The molecule has 0 aliphatic heterocycles. The van der Waals surface area contributed by atoms with Crippen LogP contribution in [-0.4, -0.2) is 32.6 Å². The molecule has 7 nitrogen and oxygen atoms in total. The molecule has 2 aromatic carbocycles. The van der Waals surface area contributed by atoms with Gasteiger partial charge in [-0.05, 0) is 61.2 Å². The number of rotatable bonds is 9. The van der Waals surface area contributed by atoms with Gasteiger partial charge in [-0.2, -0.15) is 0 Å². The van der Waals surface area contributed by atoms with Crippen LogP contribution in [0.15, 0.2) is 54.7 Å². The van der Waals surface area contributed by atoms with Gasteiger partial charge in [0, 0.05) is 24.2 Å². The minimum atomic E-state index is -1.28. The van der Waals surface area contributed by atoms with Crippen molar-refractivity contribution in [2.24, 2.45) is 0 Å². The van der Waals surface area contributed by atoms with Gasteiger partial charge in [-0.1, -0.05) is 26.0 Å². The molecule has 0 fully saturated rings. The molecule has 0 aliphatic rings. The van der Waals surface area contributed by atoms with Crippen LogP contribution in [0, 0.1) is 11.6 Å². The monoisotopic (exact) mass is 521 g/mol. The van der Waals surface area contributed by atoms with Gasteiger partial charge in [-0.3, -0.25) is 9.78 Å². The quantitative estimate of drug-likeness (QED) is 0.286. The second kappa shape index (κ2) is 11.0. The van der Waals surface area contributed by atoms with Crippen LogP contribution in [0.4, 0.5) is 8.78 Å². The maximum atomic E-state index is 13.7. The Hall–Kier alpha value is -4.27. The number of benzene rings is 2. The molecule has 0 saturated heterocycles. The number of ether oxygens (including phenoxy) is 1. The molecular weight excluding hydrogens is 492 g/mol. The number of nitrogens with one attached hydrogen (secondary N) is 1. The molecule has 198 valence electrons. The molecule has 0 radical (unpaired) electrons. The van der Waals surface area contributed by atoms with Gasteiger partial charge in [-0.25, -0.2) is 13.6 Å². The number of carbonyl (C=O) groups is 2. The molecule has 4 rings (SSSR count). The number of carboxylic acids is 1. The second-order valence-electron chi connectivity index (χ2n) is 9.60. The number of aromatic carboxylic acids is 1. The van der Waals surface area contributed by atoms with Crippen LogP contribution >= 0.6 is 0 Å². The van der Waals surface area contributed by atoms with Gasteiger partial charge in [0.2, 0.25) is 0 Å². The zero-order chi connectivity index (χ0) is 27.6. The summed E-state index contributed by atoms with van der Waals surface area (Å²) in [5.41, 5.74) is 2.01. The van der Waals surface area contributed by atoms with E-state index in [1.807, 2.05) is 33.8 Å². The maximum absolute atomic E-state index is 13.7. The maximum Gasteiger partial charge on any atom is 0.353 e. The van der Waals surface area contributed by atoms with Gasteiger partial charge in [-0.15, -0.1) is 0 Å². The van der Waals surface area contributed by atoms with Crippen LogP contribution in [0.2, 0.25) is 0 Å². The molecule has 9 heteroatoms. The summed E-state index contributed by atoms with van der Waals surface area (Å²) in [4.78, 5) is 30.6. The Bertz CT molecular complexity index is 1500. The number of aromatic nitrogens is 2. The van der Waals surface area contributed by atoms with Crippen molar-refractivity contribution in [2.45, 2.75) is 52.8 Å². The summed E-state index contributed by atoms with van der Waals surface area (Å²) in [5.74, 6) is -3.46. The average Bonchev–Trinajstić information content (AvgIpc) is 3.18. The lowest BCUT2D eigenvalue weighted by molar-refractivity contribution is 0.0680. The van der Waals surface area contributed by atoms with E-state index in [0.717, 1.165) is 17.7 Å². The van der Waals surface area contributed by atoms with E-state index in [9.17, 15) is 23.5 Å². The Balaban J connectivity index is 1.92. The van der Waals surface area contributed by atoms with E-state index in [4.69, 9.17) is 4.74 Å². The molecule has 1 amide bonds. The summed E-state index contributed by atoms with van der Waals surface area (Å²) in [6, 6.07) is 12.2. The first kappa shape index (κ1) is 26.8. The SMILES string of the molecule is CC(C)Oc1cc(C(C)C)c2c(C(=O)NCc3ccc(F)c(F)c3)c(C(=O)O)n(Cc3ccccn3)c2c1. The van der Waals surface area contributed by atoms with Crippen molar-refractivity contribution >= 4 is 22.8 Å². The molecule has 2 N–H and O–H groups in total. The van der Waals surface area contributed by atoms with Crippen LogP contribution in [0.3, 0.4) is 0 Å². The summed E-state index contributed by atoms with van der Waals surface area (Å²) in [5, 5.41) is 13.5. The Morgan fingerprint density at radius 2 is 1.82 bits per heavy atom. The predicted molar refractivity (Wildman–Crippen MR) is 140 cm³/mol. The van der Waals surface area contributed by atoms with Crippen molar-refractivity contribution in [2.75, 3.05) is 0 Å². The van der Waals surface area contributed by atoms with Gasteiger partial charge in [0.25, 0.3) is 5.91 Å². The smallest absolute Gasteiger partial charge is 0.353 e. The molecule has 0 bridgehead atoms. The van der Waals surface area contributed by atoms with Crippen molar-refractivity contribution in [3.8, 4) is 5.75 Å². The van der Waals surface area contributed by atoms with Gasteiger partial charge in [0.1, 0.15) is 11.4 Å². The van der Waals surface area contributed by atoms with Crippen molar-refractivity contribution < 1.29 is 28.2 Å². The topological polar surface area (TPSA) is 93.5 Å². The molecule has 0 unspecified atom stereocenters. The van der Waals surface area contributed by atoms with Crippen LogP contribution in [0.5, 0.6) is 5.75 Å². The first-order valence-electron chi connectivity index (χ1n) is 12.3. The Morgan fingerprint density at radius 3 is 2.42 bits per heavy atom. The largest absolute Gasteiger partial charge is 0.491 e. The normalized spacial score (nSPS) is 11.4. The number of fused-ring (bicyclic) bond motifs is 1. The summed E-state index contributed by atoms with van der Waals surface area (Å²) < 4.78 is 34.6. The second-order valence-corrected chi connectivity index (χ2v) is 9.60. The zero-order valence-corrected chi connectivity index (χ0v) is 21.6. The van der Waals surface area contributed by atoms with E-state index >= 15 is 0 Å². The highest BCUT2D eigenvalue weighted by Crippen LogP contribution is 2.37. The predicted octanol–water partition coefficient (Wildman–Crippen LogP) is 5.90. The van der Waals surface area contributed by atoms with Crippen molar-refractivity contribution in [1.82, 2.24) is 14.9 Å². The molecule has 0 atom stereocenters. The number of amides is 1. The lowest BCUT2D eigenvalue weighted by atomic mass is 9.95. The summed E-state index contributed by atoms with van der Waals surface area (Å²) >= 11 is 0. The number of pyridine rings is 1. The highest BCUT2D eigenvalue weighted by atomic mass is 19.2. The number of hydrogen-bond donors (Lipinski definition) is 2. The van der Waals surface area contributed by atoms with E-state index in [1.54, 1.807) is 35.0 Å². The van der Waals surface area contributed by atoms with Crippen LogP contribution in [0.25, 0.3) is 10.9 Å². The lowest BCUT2D eigenvalue weighted by Crippen LogP contribution is -2.25. The third-order valence-electron chi connectivity index (χ3n) is 6.08. The summed E-state index contributed by atoms with van der Waals surface area (Å²) in [6.45, 7) is 7.69. The lowest BCUT2D eigenvalue weighted by Gasteiger charge is -2.16. The van der Waals surface area contributed by atoms with E-state index in [0.29, 0.717) is 27.9 Å². The summed E-state index contributed by atoms with van der Waals surface area (Å²) in [7, 11) is 0. The molecule has 4 aromatic rings. The van der Waals surface area contributed by atoms with E-state index in [2.05, 4.69) is 10.3 Å². The third kappa shape index (κ3) is 5.51. The molecule has 2 heterocycles. The fourth-order valence-corrected chi connectivity index (χ4v) is 4.46.